The summed E-state index contributed by atoms with van der Waals surface area (Å²) in [5, 5.41) is 3.90. The molecule has 0 amide bonds. The van der Waals surface area contributed by atoms with E-state index in [1.807, 2.05) is 24.3 Å². The van der Waals surface area contributed by atoms with Gasteiger partial charge in [-0.05, 0) is 17.7 Å². The lowest BCUT2D eigenvalue weighted by atomic mass is 10.1. The van der Waals surface area contributed by atoms with E-state index in [0.717, 1.165) is 10.0 Å². The van der Waals surface area contributed by atoms with E-state index in [9.17, 15) is 0 Å². The van der Waals surface area contributed by atoms with Crippen molar-refractivity contribution in [1.29, 1.82) is 0 Å². The summed E-state index contributed by atoms with van der Waals surface area (Å²) in [4.78, 5) is 4.25. The second-order valence-electron chi connectivity index (χ2n) is 3.45. The summed E-state index contributed by atoms with van der Waals surface area (Å²) >= 11 is 3.42. The van der Waals surface area contributed by atoms with Crippen molar-refractivity contribution in [3.05, 3.63) is 46.0 Å². The fraction of sp³-hybridized carbons (Fsp3) is 0.273. The third kappa shape index (κ3) is 2.90. The minimum atomic E-state index is 0.526. The molecule has 4 nitrogen and oxygen atoms in total. The highest BCUT2D eigenvalue weighted by molar-refractivity contribution is 9.10. The first kappa shape index (κ1) is 11.3. The maximum atomic E-state index is 5.41. The van der Waals surface area contributed by atoms with Gasteiger partial charge in [-0.2, -0.15) is 4.98 Å². The van der Waals surface area contributed by atoms with E-state index in [1.54, 1.807) is 0 Å². The van der Waals surface area contributed by atoms with Gasteiger partial charge in [0.2, 0.25) is 5.89 Å². The lowest BCUT2D eigenvalue weighted by Crippen LogP contribution is -2.02. The SMILES string of the molecule is NCCc1nc(Cc2cccc(Br)c2)no1. The molecule has 0 saturated heterocycles. The van der Waals surface area contributed by atoms with Crippen molar-refractivity contribution in [3.8, 4) is 0 Å². The van der Waals surface area contributed by atoms with Crippen LogP contribution in [0.4, 0.5) is 0 Å². The number of halogens is 1. The average molecular weight is 282 g/mol. The third-order valence-electron chi connectivity index (χ3n) is 2.12. The van der Waals surface area contributed by atoms with Crippen LogP contribution in [-0.4, -0.2) is 16.7 Å². The van der Waals surface area contributed by atoms with Crippen molar-refractivity contribution >= 4 is 15.9 Å². The van der Waals surface area contributed by atoms with Crippen LogP contribution in [0.3, 0.4) is 0 Å². The highest BCUT2D eigenvalue weighted by Gasteiger charge is 2.06. The first-order valence-electron chi connectivity index (χ1n) is 5.04. The Morgan fingerprint density at radius 1 is 1.38 bits per heavy atom. The molecule has 0 fully saturated rings. The lowest BCUT2D eigenvalue weighted by molar-refractivity contribution is 0.375. The average Bonchev–Trinajstić information content (AvgIpc) is 2.66. The van der Waals surface area contributed by atoms with Crippen LogP contribution >= 0.6 is 15.9 Å². The van der Waals surface area contributed by atoms with Gasteiger partial charge in [0, 0.05) is 23.9 Å². The highest BCUT2D eigenvalue weighted by atomic mass is 79.9. The minimum absolute atomic E-state index is 0.526. The Balaban J connectivity index is 2.08. The molecule has 1 heterocycles. The summed E-state index contributed by atoms with van der Waals surface area (Å²) in [5.41, 5.74) is 6.56. The van der Waals surface area contributed by atoms with Crippen molar-refractivity contribution < 1.29 is 4.52 Å². The van der Waals surface area contributed by atoms with Crippen LogP contribution in [-0.2, 0) is 12.8 Å². The molecular formula is C11H12BrN3O. The molecule has 0 unspecified atom stereocenters. The zero-order valence-corrected chi connectivity index (χ0v) is 10.3. The fourth-order valence-corrected chi connectivity index (χ4v) is 1.86. The molecular weight excluding hydrogens is 270 g/mol. The van der Waals surface area contributed by atoms with Crippen LogP contribution in [0.25, 0.3) is 0 Å². The predicted molar refractivity (Wildman–Crippen MR) is 64.0 cm³/mol. The molecule has 0 aliphatic heterocycles. The van der Waals surface area contributed by atoms with E-state index in [4.69, 9.17) is 10.3 Å². The van der Waals surface area contributed by atoms with Gasteiger partial charge in [-0.3, -0.25) is 0 Å². The van der Waals surface area contributed by atoms with E-state index in [0.29, 0.717) is 31.1 Å². The van der Waals surface area contributed by atoms with Gasteiger partial charge < -0.3 is 10.3 Å². The maximum Gasteiger partial charge on any atom is 0.227 e. The number of hydrogen-bond acceptors (Lipinski definition) is 4. The normalized spacial score (nSPS) is 10.6. The monoisotopic (exact) mass is 281 g/mol. The fourth-order valence-electron chi connectivity index (χ4n) is 1.42. The molecule has 0 aliphatic rings. The molecule has 16 heavy (non-hydrogen) atoms. The van der Waals surface area contributed by atoms with E-state index < -0.39 is 0 Å². The van der Waals surface area contributed by atoms with Crippen molar-refractivity contribution in [2.45, 2.75) is 12.8 Å². The Bertz CT molecular complexity index is 470. The van der Waals surface area contributed by atoms with Gasteiger partial charge in [-0.15, -0.1) is 0 Å². The molecule has 0 saturated carbocycles. The van der Waals surface area contributed by atoms with Gasteiger partial charge in [0.15, 0.2) is 5.82 Å². The van der Waals surface area contributed by atoms with Crippen molar-refractivity contribution in [3.63, 3.8) is 0 Å². The van der Waals surface area contributed by atoms with E-state index >= 15 is 0 Å². The van der Waals surface area contributed by atoms with Gasteiger partial charge in [-0.25, -0.2) is 0 Å². The summed E-state index contributed by atoms with van der Waals surface area (Å²) in [7, 11) is 0. The molecule has 5 heteroatoms. The van der Waals surface area contributed by atoms with E-state index in [-0.39, 0.29) is 0 Å². The zero-order valence-electron chi connectivity index (χ0n) is 8.69. The summed E-state index contributed by atoms with van der Waals surface area (Å²) < 4.78 is 6.11. The highest BCUT2D eigenvalue weighted by Crippen LogP contribution is 2.14. The van der Waals surface area contributed by atoms with E-state index in [2.05, 4.69) is 26.1 Å². The largest absolute Gasteiger partial charge is 0.339 e. The Hall–Kier alpha value is -1.20. The Labute approximate surface area is 102 Å². The molecule has 1 aromatic carbocycles. The number of aromatic nitrogens is 2. The number of nitrogens with zero attached hydrogens (tertiary/aromatic N) is 2. The Kier molecular flexibility index (Phi) is 3.69. The molecule has 0 radical (unpaired) electrons. The maximum absolute atomic E-state index is 5.41. The minimum Gasteiger partial charge on any atom is -0.339 e. The van der Waals surface area contributed by atoms with Gasteiger partial charge >= 0.3 is 0 Å². The second kappa shape index (κ2) is 5.23. The van der Waals surface area contributed by atoms with Gasteiger partial charge in [0.1, 0.15) is 0 Å². The van der Waals surface area contributed by atoms with Crippen molar-refractivity contribution in [1.82, 2.24) is 10.1 Å². The number of hydrogen-bond donors (Lipinski definition) is 1. The molecule has 2 rings (SSSR count). The van der Waals surface area contributed by atoms with Gasteiger partial charge in [0.25, 0.3) is 0 Å². The molecule has 2 aromatic rings. The Morgan fingerprint density at radius 2 is 2.25 bits per heavy atom. The first-order chi connectivity index (χ1) is 7.78. The van der Waals surface area contributed by atoms with Crippen LogP contribution in [0.2, 0.25) is 0 Å². The second-order valence-corrected chi connectivity index (χ2v) is 4.37. The molecule has 0 atom stereocenters. The summed E-state index contributed by atoms with van der Waals surface area (Å²) in [6.45, 7) is 0.526. The van der Waals surface area contributed by atoms with Gasteiger partial charge in [-0.1, -0.05) is 33.2 Å². The van der Waals surface area contributed by atoms with Crippen LogP contribution in [0.15, 0.2) is 33.3 Å². The van der Waals surface area contributed by atoms with Gasteiger partial charge in [0.05, 0.1) is 0 Å². The standard InChI is InChI=1S/C11H12BrN3O/c12-9-3-1-2-8(6-9)7-10-14-11(4-5-13)16-15-10/h1-3,6H,4-5,7,13H2. The van der Waals surface area contributed by atoms with Crippen LogP contribution in [0.5, 0.6) is 0 Å². The predicted octanol–water partition coefficient (Wildman–Crippen LogP) is 1.92. The van der Waals surface area contributed by atoms with Crippen LogP contribution in [0.1, 0.15) is 17.3 Å². The van der Waals surface area contributed by atoms with Crippen molar-refractivity contribution in [2.75, 3.05) is 6.54 Å². The van der Waals surface area contributed by atoms with Crippen LogP contribution in [0, 0.1) is 0 Å². The smallest absolute Gasteiger partial charge is 0.227 e. The number of benzene rings is 1. The lowest BCUT2D eigenvalue weighted by Gasteiger charge is -1.96. The quantitative estimate of drug-likeness (QED) is 0.930. The first-order valence-corrected chi connectivity index (χ1v) is 5.83. The zero-order chi connectivity index (χ0) is 11.4. The van der Waals surface area contributed by atoms with E-state index in [1.165, 1.54) is 0 Å². The molecule has 1 aromatic heterocycles. The van der Waals surface area contributed by atoms with Crippen LogP contribution < -0.4 is 5.73 Å². The molecule has 0 aliphatic carbocycles. The number of rotatable bonds is 4. The number of nitrogens with two attached hydrogens (primary N) is 1. The molecule has 0 bridgehead atoms. The summed E-state index contributed by atoms with van der Waals surface area (Å²) in [6, 6.07) is 8.04. The summed E-state index contributed by atoms with van der Waals surface area (Å²) in [6.07, 6.45) is 1.30. The molecule has 84 valence electrons. The Morgan fingerprint density at radius 3 is 3.00 bits per heavy atom. The van der Waals surface area contributed by atoms with Crippen molar-refractivity contribution in [2.24, 2.45) is 5.73 Å². The summed E-state index contributed by atoms with van der Waals surface area (Å²) in [5.74, 6) is 1.30. The topological polar surface area (TPSA) is 64.9 Å². The molecule has 0 spiro atoms. The third-order valence-corrected chi connectivity index (χ3v) is 2.61. The molecule has 2 N–H and O–H groups in total.